The van der Waals surface area contributed by atoms with Crippen molar-refractivity contribution in [1.82, 2.24) is 9.88 Å². The summed E-state index contributed by atoms with van der Waals surface area (Å²) in [5.74, 6) is 0.684. The first-order chi connectivity index (χ1) is 14.4. The van der Waals surface area contributed by atoms with E-state index in [9.17, 15) is 4.79 Å². The minimum absolute atomic E-state index is 0.0498. The molecule has 0 spiro atoms. The second-order valence-corrected chi connectivity index (χ2v) is 8.89. The summed E-state index contributed by atoms with van der Waals surface area (Å²) in [5, 5.41) is 0.739. The van der Waals surface area contributed by atoms with E-state index in [1.165, 1.54) is 11.1 Å². The Morgan fingerprint density at radius 1 is 1.13 bits per heavy atom. The van der Waals surface area contributed by atoms with E-state index in [-0.39, 0.29) is 5.91 Å². The van der Waals surface area contributed by atoms with Crippen molar-refractivity contribution in [2.75, 3.05) is 38.7 Å². The zero-order valence-corrected chi connectivity index (χ0v) is 19.4. The maximum Gasteiger partial charge on any atom is 0.260 e. The number of amides is 1. The number of hydrogen-bond donors (Lipinski definition) is 0. The van der Waals surface area contributed by atoms with Crippen molar-refractivity contribution in [3.8, 4) is 5.75 Å². The number of nitrogens with zero attached hydrogens (tertiary/aromatic N) is 3. The Hall–Kier alpha value is -2.44. The summed E-state index contributed by atoms with van der Waals surface area (Å²) in [6.07, 6.45) is 2.07. The molecule has 0 atom stereocenters. The second-order valence-electron chi connectivity index (χ2n) is 7.92. The topological polar surface area (TPSA) is 45.7 Å². The van der Waals surface area contributed by atoms with Gasteiger partial charge in [0.25, 0.3) is 5.91 Å². The lowest BCUT2D eigenvalue weighted by Gasteiger charge is -2.22. The molecular formula is C24H31N3O2S. The highest BCUT2D eigenvalue weighted by Crippen LogP contribution is 2.33. The molecule has 6 heteroatoms. The highest BCUT2D eigenvalue weighted by atomic mass is 32.1. The van der Waals surface area contributed by atoms with Crippen molar-refractivity contribution in [2.24, 2.45) is 0 Å². The average Bonchev–Trinajstić information content (AvgIpc) is 3.12. The molecular weight excluding hydrogens is 394 g/mol. The van der Waals surface area contributed by atoms with Crippen LogP contribution in [0.3, 0.4) is 0 Å². The number of fused-ring (bicyclic) bond motifs is 1. The van der Waals surface area contributed by atoms with Gasteiger partial charge in [0, 0.05) is 18.7 Å². The molecule has 0 aliphatic heterocycles. The maximum atomic E-state index is 13.5. The molecule has 1 amide bonds. The predicted octanol–water partition coefficient (Wildman–Crippen LogP) is 5.30. The van der Waals surface area contributed by atoms with E-state index in [1.54, 1.807) is 16.2 Å². The van der Waals surface area contributed by atoms with Gasteiger partial charge >= 0.3 is 0 Å². The molecule has 1 aromatic heterocycles. The standard InChI is InChI=1S/C24H31N3O2S/c1-6-7-13-29-20-10-8-9-19(16-20)23(28)27(12-11-26(4)5)24-25-21-15-17(2)14-18(3)22(21)30-24/h8-10,14-16H,6-7,11-13H2,1-5H3. The first kappa shape index (κ1) is 22.2. The average molecular weight is 426 g/mol. The van der Waals surface area contributed by atoms with E-state index < -0.39 is 0 Å². The van der Waals surface area contributed by atoms with Gasteiger partial charge in [-0.2, -0.15) is 0 Å². The van der Waals surface area contributed by atoms with Crippen LogP contribution in [0, 0.1) is 13.8 Å². The van der Waals surface area contributed by atoms with Crippen LogP contribution in [0.2, 0.25) is 0 Å². The number of hydrogen-bond acceptors (Lipinski definition) is 5. The number of rotatable bonds is 9. The molecule has 5 nitrogen and oxygen atoms in total. The molecule has 0 aliphatic rings. The summed E-state index contributed by atoms with van der Waals surface area (Å²) < 4.78 is 6.94. The Morgan fingerprint density at radius 2 is 1.93 bits per heavy atom. The molecule has 0 fully saturated rings. The maximum absolute atomic E-state index is 13.5. The minimum atomic E-state index is -0.0498. The molecule has 0 N–H and O–H groups in total. The molecule has 3 aromatic rings. The van der Waals surface area contributed by atoms with Gasteiger partial charge in [-0.1, -0.05) is 36.8 Å². The van der Waals surface area contributed by atoms with Crippen LogP contribution in [0.25, 0.3) is 10.2 Å². The van der Waals surface area contributed by atoms with E-state index >= 15 is 0 Å². The molecule has 0 saturated carbocycles. The molecule has 0 aliphatic carbocycles. The molecule has 160 valence electrons. The lowest BCUT2D eigenvalue weighted by molar-refractivity contribution is 0.0984. The lowest BCUT2D eigenvalue weighted by atomic mass is 10.1. The summed E-state index contributed by atoms with van der Waals surface area (Å²) in [6, 6.07) is 11.7. The number of carbonyl (C=O) groups excluding carboxylic acids is 1. The third-order valence-electron chi connectivity index (χ3n) is 4.90. The van der Waals surface area contributed by atoms with Crippen LogP contribution in [0.1, 0.15) is 41.3 Å². The van der Waals surface area contributed by atoms with Crippen LogP contribution < -0.4 is 9.64 Å². The molecule has 0 unspecified atom stereocenters. The van der Waals surface area contributed by atoms with Crippen molar-refractivity contribution in [3.63, 3.8) is 0 Å². The van der Waals surface area contributed by atoms with Gasteiger partial charge in [0.2, 0.25) is 0 Å². The van der Waals surface area contributed by atoms with Crippen molar-refractivity contribution < 1.29 is 9.53 Å². The van der Waals surface area contributed by atoms with Crippen LogP contribution in [0.5, 0.6) is 5.75 Å². The lowest BCUT2D eigenvalue weighted by Crippen LogP contribution is -2.36. The number of anilines is 1. The highest BCUT2D eigenvalue weighted by Gasteiger charge is 2.22. The minimum Gasteiger partial charge on any atom is -0.494 e. The molecule has 30 heavy (non-hydrogen) atoms. The zero-order valence-electron chi connectivity index (χ0n) is 18.6. The third kappa shape index (κ3) is 5.37. The van der Waals surface area contributed by atoms with E-state index in [0.717, 1.165) is 40.5 Å². The third-order valence-corrected chi connectivity index (χ3v) is 6.13. The largest absolute Gasteiger partial charge is 0.494 e. The van der Waals surface area contributed by atoms with Crippen molar-refractivity contribution in [2.45, 2.75) is 33.6 Å². The van der Waals surface area contributed by atoms with Crippen LogP contribution in [0.15, 0.2) is 36.4 Å². The number of likely N-dealkylation sites (N-methyl/N-ethyl adjacent to an activating group) is 1. The number of carbonyl (C=O) groups is 1. The number of aromatic nitrogens is 1. The summed E-state index contributed by atoms with van der Waals surface area (Å²) in [4.78, 5) is 22.2. The number of benzene rings is 2. The first-order valence-electron chi connectivity index (χ1n) is 10.5. The van der Waals surface area contributed by atoms with Crippen molar-refractivity contribution in [3.05, 3.63) is 53.1 Å². The van der Waals surface area contributed by atoms with Gasteiger partial charge in [-0.15, -0.1) is 0 Å². The van der Waals surface area contributed by atoms with Crippen molar-refractivity contribution >= 4 is 32.6 Å². The zero-order chi connectivity index (χ0) is 21.7. The number of aryl methyl sites for hydroxylation is 2. The number of ether oxygens (including phenoxy) is 1. The number of unbranched alkanes of at least 4 members (excludes halogenated alkanes) is 1. The van der Waals surface area contributed by atoms with E-state index in [4.69, 9.17) is 9.72 Å². The molecule has 3 rings (SSSR count). The van der Waals surface area contributed by atoms with Gasteiger partial charge in [-0.05, 0) is 69.8 Å². The smallest absolute Gasteiger partial charge is 0.260 e. The Labute approximate surface area is 183 Å². The number of thiazole rings is 1. The van der Waals surface area contributed by atoms with Crippen LogP contribution in [-0.2, 0) is 0 Å². The summed E-state index contributed by atoms with van der Waals surface area (Å²) in [5.41, 5.74) is 3.95. The summed E-state index contributed by atoms with van der Waals surface area (Å²) >= 11 is 1.58. The van der Waals surface area contributed by atoms with E-state index in [1.807, 2.05) is 38.4 Å². The fraction of sp³-hybridized carbons (Fsp3) is 0.417. The normalized spacial score (nSPS) is 11.3. The molecule has 0 saturated heterocycles. The van der Waals surface area contributed by atoms with Crippen LogP contribution in [-0.4, -0.2) is 49.6 Å². The Bertz CT molecular complexity index is 1010. The highest BCUT2D eigenvalue weighted by molar-refractivity contribution is 7.22. The summed E-state index contributed by atoms with van der Waals surface area (Å²) in [6.45, 7) is 8.30. The fourth-order valence-corrected chi connectivity index (χ4v) is 4.31. The van der Waals surface area contributed by atoms with Crippen molar-refractivity contribution in [1.29, 1.82) is 0 Å². The van der Waals surface area contributed by atoms with E-state index in [2.05, 4.69) is 37.8 Å². The molecule has 2 aromatic carbocycles. The van der Waals surface area contributed by atoms with Gasteiger partial charge in [0.05, 0.1) is 16.8 Å². The summed E-state index contributed by atoms with van der Waals surface area (Å²) in [7, 11) is 4.02. The Morgan fingerprint density at radius 3 is 2.67 bits per heavy atom. The predicted molar refractivity (Wildman–Crippen MR) is 126 cm³/mol. The quantitative estimate of drug-likeness (QED) is 0.436. The SMILES string of the molecule is CCCCOc1cccc(C(=O)N(CCN(C)C)c2nc3cc(C)cc(C)c3s2)c1. The fourth-order valence-electron chi connectivity index (χ4n) is 3.27. The first-order valence-corrected chi connectivity index (χ1v) is 11.3. The van der Waals surface area contributed by atoms with Crippen LogP contribution >= 0.6 is 11.3 Å². The van der Waals surface area contributed by atoms with Gasteiger partial charge in [0.15, 0.2) is 5.13 Å². The monoisotopic (exact) mass is 425 g/mol. The van der Waals surface area contributed by atoms with Gasteiger partial charge in [0.1, 0.15) is 5.75 Å². The van der Waals surface area contributed by atoms with Crippen LogP contribution in [0.4, 0.5) is 5.13 Å². The molecule has 1 heterocycles. The van der Waals surface area contributed by atoms with Gasteiger partial charge in [-0.3, -0.25) is 9.69 Å². The Balaban J connectivity index is 1.93. The van der Waals surface area contributed by atoms with E-state index in [0.29, 0.717) is 18.7 Å². The Kier molecular flexibility index (Phi) is 7.45. The second kappa shape index (κ2) is 10.0. The van der Waals surface area contributed by atoms with Gasteiger partial charge < -0.3 is 9.64 Å². The molecule has 0 radical (unpaired) electrons. The van der Waals surface area contributed by atoms with Gasteiger partial charge in [-0.25, -0.2) is 4.98 Å². The molecule has 0 bridgehead atoms.